The van der Waals surface area contributed by atoms with Gasteiger partial charge in [-0.25, -0.2) is 0 Å². The van der Waals surface area contributed by atoms with Crippen LogP contribution in [0, 0.1) is 12.3 Å². The predicted octanol–water partition coefficient (Wildman–Crippen LogP) is 2.47. The van der Waals surface area contributed by atoms with Crippen molar-refractivity contribution in [1.82, 2.24) is 0 Å². The van der Waals surface area contributed by atoms with Crippen LogP contribution in [-0.2, 0) is 6.42 Å². The Morgan fingerprint density at radius 1 is 1.42 bits per heavy atom. The summed E-state index contributed by atoms with van der Waals surface area (Å²) in [5, 5.41) is 10.1. The van der Waals surface area contributed by atoms with Crippen LogP contribution in [0.1, 0.15) is 12.5 Å². The lowest BCUT2D eigenvalue weighted by atomic mass is 10.1. The lowest BCUT2D eigenvalue weighted by Crippen LogP contribution is -2.04. The van der Waals surface area contributed by atoms with Crippen molar-refractivity contribution in [2.24, 2.45) is 0 Å². The molecule has 0 saturated heterocycles. The fraction of sp³-hybridized carbons (Fsp3) is 0.200. The van der Waals surface area contributed by atoms with Crippen molar-refractivity contribution in [3.8, 4) is 0 Å². The highest BCUT2D eigenvalue weighted by Crippen LogP contribution is 2.09. The lowest BCUT2D eigenvalue weighted by molar-refractivity contribution is 1.27. The van der Waals surface area contributed by atoms with Gasteiger partial charge in [0.15, 0.2) is 0 Å². The van der Waals surface area contributed by atoms with Gasteiger partial charge in [0.2, 0.25) is 0 Å². The van der Waals surface area contributed by atoms with Gasteiger partial charge in [-0.15, -0.1) is 0 Å². The summed E-state index contributed by atoms with van der Waals surface area (Å²) < 4.78 is 0. The van der Waals surface area contributed by atoms with Crippen molar-refractivity contribution in [3.63, 3.8) is 0 Å². The van der Waals surface area contributed by atoms with Gasteiger partial charge in [0.1, 0.15) is 0 Å². The van der Waals surface area contributed by atoms with E-state index in [2.05, 4.69) is 12.2 Å². The zero-order chi connectivity index (χ0) is 8.97. The molecule has 1 radical (unpaired) electrons. The average molecular weight is 161 g/mol. The summed E-state index contributed by atoms with van der Waals surface area (Å²) >= 11 is 0. The third-order valence-corrected chi connectivity index (χ3v) is 1.57. The minimum Gasteiger partial charge on any atom is -0.344 e. The molecule has 0 spiro atoms. The van der Waals surface area contributed by atoms with Crippen LogP contribution in [0.5, 0.6) is 0 Å². The van der Waals surface area contributed by atoms with Gasteiger partial charge in [0.25, 0.3) is 0 Å². The van der Waals surface area contributed by atoms with Crippen LogP contribution in [-0.4, -0.2) is 5.84 Å². The van der Waals surface area contributed by atoms with E-state index >= 15 is 0 Å². The van der Waals surface area contributed by atoms with E-state index in [1.54, 1.807) is 6.92 Å². The number of benzene rings is 1. The normalized spacial score (nSPS) is 9.50. The topological polar surface area (TPSA) is 35.9 Å². The fourth-order valence-electron chi connectivity index (χ4n) is 0.971. The molecule has 63 valence electrons. The molecule has 0 amide bonds. The molecular formula is C10H13N2. The van der Waals surface area contributed by atoms with Gasteiger partial charge >= 0.3 is 0 Å². The van der Waals surface area contributed by atoms with Gasteiger partial charge in [-0.2, -0.15) is 0 Å². The van der Waals surface area contributed by atoms with Gasteiger partial charge < -0.3 is 5.32 Å². The van der Waals surface area contributed by atoms with Crippen LogP contribution in [0.4, 0.5) is 5.69 Å². The van der Waals surface area contributed by atoms with Gasteiger partial charge in [-0.3, -0.25) is 5.41 Å². The van der Waals surface area contributed by atoms with Crippen molar-refractivity contribution in [1.29, 1.82) is 5.41 Å². The van der Waals surface area contributed by atoms with E-state index in [1.807, 2.05) is 24.3 Å². The van der Waals surface area contributed by atoms with E-state index in [-0.39, 0.29) is 0 Å². The summed E-state index contributed by atoms with van der Waals surface area (Å²) in [5.41, 5.74) is 2.17. The highest BCUT2D eigenvalue weighted by atomic mass is 14.9. The molecule has 0 saturated carbocycles. The van der Waals surface area contributed by atoms with Gasteiger partial charge in [-0.05, 0) is 38.0 Å². The quantitative estimate of drug-likeness (QED) is 0.507. The largest absolute Gasteiger partial charge is 0.344 e. The minimum atomic E-state index is 0.456. The number of hydrogen-bond donors (Lipinski definition) is 2. The van der Waals surface area contributed by atoms with E-state index < -0.39 is 0 Å². The van der Waals surface area contributed by atoms with Gasteiger partial charge in [0, 0.05) is 5.69 Å². The van der Waals surface area contributed by atoms with E-state index in [0.29, 0.717) is 5.84 Å². The molecule has 0 aliphatic carbocycles. The molecule has 2 nitrogen and oxygen atoms in total. The number of hydrogen-bond acceptors (Lipinski definition) is 1. The molecule has 1 rings (SSSR count). The lowest BCUT2D eigenvalue weighted by Gasteiger charge is -2.03. The molecular weight excluding hydrogens is 148 g/mol. The maximum absolute atomic E-state index is 7.21. The standard InChI is InChI=1S/C10H13N2/c1-3-9-4-6-10(7-5-9)12-8(2)11/h4-7H,1,3H2,2H3,(H2,11,12). The zero-order valence-electron chi connectivity index (χ0n) is 7.22. The van der Waals surface area contributed by atoms with E-state index in [4.69, 9.17) is 5.41 Å². The van der Waals surface area contributed by atoms with Crippen molar-refractivity contribution < 1.29 is 0 Å². The smallest absolute Gasteiger partial charge is 0.0944 e. The summed E-state index contributed by atoms with van der Waals surface area (Å²) in [7, 11) is 0. The maximum atomic E-state index is 7.21. The summed E-state index contributed by atoms with van der Waals surface area (Å²) in [4.78, 5) is 0. The second-order valence-corrected chi connectivity index (χ2v) is 2.70. The van der Waals surface area contributed by atoms with E-state index in [1.165, 1.54) is 5.56 Å². The summed E-state index contributed by atoms with van der Waals surface area (Å²) in [6.45, 7) is 5.50. The summed E-state index contributed by atoms with van der Waals surface area (Å²) in [6.07, 6.45) is 0.809. The Kier molecular flexibility index (Phi) is 2.86. The number of rotatable bonds is 2. The van der Waals surface area contributed by atoms with Crippen molar-refractivity contribution in [2.75, 3.05) is 5.32 Å². The summed E-state index contributed by atoms with van der Waals surface area (Å²) in [5.74, 6) is 0.456. The molecule has 12 heavy (non-hydrogen) atoms. The third kappa shape index (κ3) is 2.38. The van der Waals surface area contributed by atoms with Gasteiger partial charge in [0.05, 0.1) is 5.84 Å². The molecule has 1 aromatic rings. The molecule has 2 heteroatoms. The molecule has 1 aromatic carbocycles. The van der Waals surface area contributed by atoms with Crippen LogP contribution >= 0.6 is 0 Å². The first-order valence-electron chi connectivity index (χ1n) is 3.92. The molecule has 0 aliphatic heterocycles. The van der Waals surface area contributed by atoms with Crippen LogP contribution in [0.3, 0.4) is 0 Å². The highest BCUT2D eigenvalue weighted by Gasteiger charge is 1.92. The molecule has 0 heterocycles. The maximum Gasteiger partial charge on any atom is 0.0944 e. The SMILES string of the molecule is [CH2]Cc1ccc(NC(C)=N)cc1. The Hall–Kier alpha value is -1.31. The Morgan fingerprint density at radius 2 is 2.00 bits per heavy atom. The molecule has 0 unspecified atom stereocenters. The van der Waals surface area contributed by atoms with Crippen LogP contribution < -0.4 is 5.32 Å². The zero-order valence-corrected chi connectivity index (χ0v) is 7.22. The first kappa shape index (κ1) is 8.78. The van der Waals surface area contributed by atoms with Crippen molar-refractivity contribution >= 4 is 11.5 Å². The van der Waals surface area contributed by atoms with Crippen molar-refractivity contribution in [2.45, 2.75) is 13.3 Å². The molecule has 0 atom stereocenters. The van der Waals surface area contributed by atoms with Crippen molar-refractivity contribution in [3.05, 3.63) is 36.8 Å². The number of anilines is 1. The van der Waals surface area contributed by atoms with Crippen LogP contribution in [0.15, 0.2) is 24.3 Å². The first-order valence-corrected chi connectivity index (χ1v) is 3.92. The van der Waals surface area contributed by atoms with E-state index in [0.717, 1.165) is 12.1 Å². The number of amidine groups is 1. The van der Waals surface area contributed by atoms with Crippen LogP contribution in [0.2, 0.25) is 0 Å². The fourth-order valence-corrected chi connectivity index (χ4v) is 0.971. The average Bonchev–Trinajstić information content (AvgIpc) is 2.05. The van der Waals surface area contributed by atoms with E-state index in [9.17, 15) is 0 Å². The molecule has 2 N–H and O–H groups in total. The van der Waals surface area contributed by atoms with Gasteiger partial charge in [-0.1, -0.05) is 12.1 Å². The molecule has 0 fully saturated rings. The predicted molar refractivity (Wildman–Crippen MR) is 52.5 cm³/mol. The highest BCUT2D eigenvalue weighted by molar-refractivity contribution is 5.90. The Labute approximate surface area is 73.1 Å². The Balaban J connectivity index is 2.71. The summed E-state index contributed by atoms with van der Waals surface area (Å²) in [6, 6.07) is 7.94. The Morgan fingerprint density at radius 3 is 2.42 bits per heavy atom. The second kappa shape index (κ2) is 3.90. The third-order valence-electron chi connectivity index (χ3n) is 1.57. The molecule has 0 bridgehead atoms. The molecule has 0 aliphatic rings. The first-order chi connectivity index (χ1) is 5.72. The second-order valence-electron chi connectivity index (χ2n) is 2.70. The van der Waals surface area contributed by atoms with Crippen LogP contribution in [0.25, 0.3) is 0 Å². The number of nitrogens with one attached hydrogen (secondary N) is 2. The Bertz CT molecular complexity index is 262. The minimum absolute atomic E-state index is 0.456. The molecule has 0 aromatic heterocycles. The monoisotopic (exact) mass is 161 g/mol.